The molecule has 4 nitrogen and oxygen atoms in total. The molecule has 0 amide bonds. The molecule has 1 fully saturated rings. The molecule has 1 aromatic heterocycles. The molecule has 22 heavy (non-hydrogen) atoms. The molecule has 0 aliphatic carbocycles. The zero-order chi connectivity index (χ0) is 13.8. The summed E-state index contributed by atoms with van der Waals surface area (Å²) in [6, 6.07) is 5.92. The highest BCUT2D eigenvalue weighted by Gasteiger charge is 2.21. The summed E-state index contributed by atoms with van der Waals surface area (Å²) in [5.41, 5.74) is 0.865. The van der Waals surface area contributed by atoms with Gasteiger partial charge in [0.15, 0.2) is 0 Å². The number of nitrogens with one attached hydrogen (secondary N) is 1. The Kier molecular flexibility index (Phi) is 7.51. The lowest BCUT2D eigenvalue weighted by molar-refractivity contribution is 0.411. The largest absolute Gasteiger partial charge is 0.437 e. The predicted molar refractivity (Wildman–Crippen MR) is 87.8 cm³/mol. The molecule has 1 saturated heterocycles. The first kappa shape index (κ1) is 18.6. The van der Waals surface area contributed by atoms with Crippen LogP contribution in [-0.4, -0.2) is 23.1 Å². The van der Waals surface area contributed by atoms with Gasteiger partial charge in [0.05, 0.1) is 0 Å². The van der Waals surface area contributed by atoms with Crippen molar-refractivity contribution in [3.63, 3.8) is 0 Å². The summed E-state index contributed by atoms with van der Waals surface area (Å²) >= 11 is 0. The Balaban J connectivity index is 0.00000121. The average Bonchev–Trinajstić information content (AvgIpc) is 2.51. The van der Waals surface area contributed by atoms with Crippen molar-refractivity contribution in [3.8, 4) is 11.6 Å². The van der Waals surface area contributed by atoms with E-state index >= 15 is 0 Å². The van der Waals surface area contributed by atoms with Crippen molar-refractivity contribution >= 4 is 24.8 Å². The van der Waals surface area contributed by atoms with Crippen LogP contribution in [0.3, 0.4) is 0 Å². The van der Waals surface area contributed by atoms with E-state index in [1.54, 1.807) is 24.5 Å². The molecule has 1 aliphatic heterocycles. The van der Waals surface area contributed by atoms with Crippen molar-refractivity contribution < 1.29 is 9.13 Å². The second kappa shape index (κ2) is 8.88. The molecule has 1 aliphatic rings. The van der Waals surface area contributed by atoms with Gasteiger partial charge in [-0.15, -0.1) is 24.8 Å². The number of nitrogens with zero attached hydrogens (tertiary/aromatic N) is 2. The molecule has 2 heterocycles. The predicted octanol–water partition coefficient (Wildman–Crippen LogP) is 3.72. The molecule has 0 spiro atoms. The Morgan fingerprint density at radius 2 is 1.82 bits per heavy atom. The molecular weight excluding hydrogens is 328 g/mol. The van der Waals surface area contributed by atoms with Crippen LogP contribution in [0.1, 0.15) is 24.5 Å². The lowest BCUT2D eigenvalue weighted by Crippen LogP contribution is -2.29. The molecule has 1 aromatic carbocycles. The third kappa shape index (κ3) is 4.53. The molecule has 0 saturated carbocycles. The lowest BCUT2D eigenvalue weighted by atomic mass is 9.96. The van der Waals surface area contributed by atoms with Gasteiger partial charge in [-0.25, -0.2) is 9.37 Å². The van der Waals surface area contributed by atoms with E-state index < -0.39 is 0 Å². The number of hydrogen-bond acceptors (Lipinski definition) is 4. The van der Waals surface area contributed by atoms with Crippen LogP contribution < -0.4 is 10.1 Å². The van der Waals surface area contributed by atoms with Crippen molar-refractivity contribution in [2.24, 2.45) is 0 Å². The standard InChI is InChI=1S/C15H16FN3O.2ClH/c16-12-3-5-13(6-4-12)20-15-14(18-8-9-19-15)11-2-1-7-17-10-11;;/h3-6,8-9,11,17H,1-2,7,10H2;2*1H. The molecule has 3 rings (SSSR count). The van der Waals surface area contributed by atoms with E-state index in [-0.39, 0.29) is 30.6 Å². The number of piperidine rings is 1. The third-order valence-electron chi connectivity index (χ3n) is 3.40. The third-order valence-corrected chi connectivity index (χ3v) is 3.40. The van der Waals surface area contributed by atoms with E-state index in [0.29, 0.717) is 17.5 Å². The van der Waals surface area contributed by atoms with Crippen molar-refractivity contribution in [2.75, 3.05) is 13.1 Å². The SMILES string of the molecule is Cl.Cl.Fc1ccc(Oc2nccnc2C2CCCNC2)cc1. The summed E-state index contributed by atoms with van der Waals surface area (Å²) in [7, 11) is 0. The van der Waals surface area contributed by atoms with Crippen LogP contribution in [0.25, 0.3) is 0 Å². The van der Waals surface area contributed by atoms with E-state index in [2.05, 4.69) is 15.3 Å². The van der Waals surface area contributed by atoms with Crippen LogP contribution in [-0.2, 0) is 0 Å². The second-order valence-electron chi connectivity index (χ2n) is 4.85. The topological polar surface area (TPSA) is 47.0 Å². The molecule has 1 unspecified atom stereocenters. The first-order valence-electron chi connectivity index (χ1n) is 6.78. The summed E-state index contributed by atoms with van der Waals surface area (Å²) in [5, 5.41) is 3.36. The van der Waals surface area contributed by atoms with Gasteiger partial charge in [0.25, 0.3) is 0 Å². The van der Waals surface area contributed by atoms with Gasteiger partial charge in [-0.3, -0.25) is 4.98 Å². The van der Waals surface area contributed by atoms with Gasteiger partial charge < -0.3 is 10.1 Å². The molecular formula is C15H18Cl2FN3O. The van der Waals surface area contributed by atoms with Crippen LogP contribution in [0.2, 0.25) is 0 Å². The fraction of sp³-hybridized carbons (Fsp3) is 0.333. The number of rotatable bonds is 3. The second-order valence-corrected chi connectivity index (χ2v) is 4.85. The Labute approximate surface area is 141 Å². The molecule has 7 heteroatoms. The minimum absolute atomic E-state index is 0. The van der Waals surface area contributed by atoms with Gasteiger partial charge in [0.1, 0.15) is 17.3 Å². The summed E-state index contributed by atoms with van der Waals surface area (Å²) < 4.78 is 18.7. The fourth-order valence-corrected chi connectivity index (χ4v) is 2.39. The van der Waals surface area contributed by atoms with Crippen LogP contribution >= 0.6 is 24.8 Å². The number of ether oxygens (including phenoxy) is 1. The van der Waals surface area contributed by atoms with Crippen LogP contribution in [0.4, 0.5) is 4.39 Å². The molecule has 1 atom stereocenters. The van der Waals surface area contributed by atoms with Gasteiger partial charge in [0.2, 0.25) is 5.88 Å². The van der Waals surface area contributed by atoms with Crippen molar-refractivity contribution in [2.45, 2.75) is 18.8 Å². The zero-order valence-corrected chi connectivity index (χ0v) is 13.5. The maximum Gasteiger partial charge on any atom is 0.241 e. The van der Waals surface area contributed by atoms with Gasteiger partial charge >= 0.3 is 0 Å². The highest BCUT2D eigenvalue weighted by atomic mass is 35.5. The summed E-state index contributed by atoms with van der Waals surface area (Å²) in [6.45, 7) is 1.93. The first-order valence-corrected chi connectivity index (χ1v) is 6.78. The van der Waals surface area contributed by atoms with Gasteiger partial charge in [-0.2, -0.15) is 0 Å². The summed E-state index contributed by atoms with van der Waals surface area (Å²) in [6.07, 6.45) is 5.49. The highest BCUT2D eigenvalue weighted by molar-refractivity contribution is 5.85. The lowest BCUT2D eigenvalue weighted by Gasteiger charge is -2.23. The Bertz CT molecular complexity index is 577. The average molecular weight is 346 g/mol. The molecule has 2 aromatic rings. The van der Waals surface area contributed by atoms with E-state index in [4.69, 9.17) is 4.74 Å². The summed E-state index contributed by atoms with van der Waals surface area (Å²) in [4.78, 5) is 8.68. The van der Waals surface area contributed by atoms with Crippen molar-refractivity contribution in [1.82, 2.24) is 15.3 Å². The molecule has 120 valence electrons. The van der Waals surface area contributed by atoms with E-state index in [1.807, 2.05) is 0 Å². The number of halogens is 3. The molecule has 0 bridgehead atoms. The van der Waals surface area contributed by atoms with Crippen molar-refractivity contribution in [3.05, 3.63) is 48.2 Å². The monoisotopic (exact) mass is 345 g/mol. The molecule has 0 radical (unpaired) electrons. The van der Waals surface area contributed by atoms with Crippen LogP contribution in [0.5, 0.6) is 11.6 Å². The van der Waals surface area contributed by atoms with E-state index in [0.717, 1.165) is 31.6 Å². The molecule has 1 N–H and O–H groups in total. The maximum atomic E-state index is 12.9. The number of aromatic nitrogens is 2. The Morgan fingerprint density at radius 1 is 1.09 bits per heavy atom. The maximum absolute atomic E-state index is 12.9. The minimum Gasteiger partial charge on any atom is -0.437 e. The normalized spacial score (nSPS) is 17.0. The van der Waals surface area contributed by atoms with Gasteiger partial charge in [0, 0.05) is 24.9 Å². The minimum atomic E-state index is -0.284. The van der Waals surface area contributed by atoms with Crippen molar-refractivity contribution in [1.29, 1.82) is 0 Å². The smallest absolute Gasteiger partial charge is 0.241 e. The Hall–Kier alpha value is -1.43. The van der Waals surface area contributed by atoms with Crippen LogP contribution in [0.15, 0.2) is 36.7 Å². The van der Waals surface area contributed by atoms with E-state index in [9.17, 15) is 4.39 Å². The number of benzene rings is 1. The zero-order valence-electron chi connectivity index (χ0n) is 11.9. The van der Waals surface area contributed by atoms with E-state index in [1.165, 1.54) is 12.1 Å². The Morgan fingerprint density at radius 3 is 2.50 bits per heavy atom. The highest BCUT2D eigenvalue weighted by Crippen LogP contribution is 2.30. The quantitative estimate of drug-likeness (QED) is 0.920. The van der Waals surface area contributed by atoms with Gasteiger partial charge in [-0.1, -0.05) is 0 Å². The fourth-order valence-electron chi connectivity index (χ4n) is 2.39. The van der Waals surface area contributed by atoms with Gasteiger partial charge in [-0.05, 0) is 43.7 Å². The summed E-state index contributed by atoms with van der Waals surface area (Å²) in [5.74, 6) is 1.10. The van der Waals surface area contributed by atoms with Crippen LogP contribution in [0, 0.1) is 5.82 Å². The first-order chi connectivity index (χ1) is 9.83. The number of hydrogen-bond donors (Lipinski definition) is 1.